The second kappa shape index (κ2) is 5.99. The molecule has 4 nitrogen and oxygen atoms in total. The molecule has 1 saturated carbocycles. The summed E-state index contributed by atoms with van der Waals surface area (Å²) in [6.45, 7) is 0.494. The molecule has 2 rings (SSSR count). The van der Waals surface area contributed by atoms with E-state index in [1.807, 2.05) is 0 Å². The number of halogens is 1. The fraction of sp³-hybridized carbons (Fsp3) is 0.583. The third-order valence-corrected chi connectivity index (χ3v) is 5.20. The second-order valence-electron chi connectivity index (χ2n) is 4.66. The van der Waals surface area contributed by atoms with Crippen LogP contribution in [0.1, 0.15) is 32.1 Å². The minimum Gasteiger partial charge on any atom is -0.263 e. The van der Waals surface area contributed by atoms with Crippen LogP contribution in [0.4, 0.5) is 0 Å². The zero-order valence-corrected chi connectivity index (χ0v) is 11.7. The topological polar surface area (TPSA) is 59.1 Å². The molecule has 0 aromatic carbocycles. The predicted molar refractivity (Wildman–Crippen MR) is 71.0 cm³/mol. The third kappa shape index (κ3) is 3.43. The second-order valence-corrected chi connectivity index (χ2v) is 6.80. The minimum atomic E-state index is -3.53. The van der Waals surface area contributed by atoms with Gasteiger partial charge in [0.05, 0.1) is 5.02 Å². The van der Waals surface area contributed by atoms with E-state index in [9.17, 15) is 8.42 Å². The van der Waals surface area contributed by atoms with Gasteiger partial charge in [-0.2, -0.15) is 0 Å². The fourth-order valence-electron chi connectivity index (χ4n) is 2.26. The number of nitrogens with one attached hydrogen (secondary N) is 1. The van der Waals surface area contributed by atoms with Gasteiger partial charge in [0.2, 0.25) is 10.0 Å². The molecule has 1 N–H and O–H groups in total. The van der Waals surface area contributed by atoms with Crippen LogP contribution in [0.3, 0.4) is 0 Å². The van der Waals surface area contributed by atoms with Crippen molar-refractivity contribution in [3.8, 4) is 0 Å². The first-order valence-corrected chi connectivity index (χ1v) is 8.05. The van der Waals surface area contributed by atoms with Gasteiger partial charge in [0.1, 0.15) is 4.90 Å². The van der Waals surface area contributed by atoms with E-state index in [0.717, 1.165) is 12.8 Å². The molecule has 0 radical (unpaired) electrons. The van der Waals surface area contributed by atoms with E-state index in [4.69, 9.17) is 11.6 Å². The molecule has 0 spiro atoms. The summed E-state index contributed by atoms with van der Waals surface area (Å²) in [6, 6.07) is 1.48. The molecule has 100 valence electrons. The number of aromatic nitrogens is 1. The standard InChI is InChI=1S/C12H17ClN2O2S/c13-11-6-7-14-9-12(11)18(16,17)15-8-10-4-2-1-3-5-10/h6-7,9-10,15H,1-5,8H2. The van der Waals surface area contributed by atoms with Crippen LogP contribution in [0, 0.1) is 5.92 Å². The zero-order valence-electron chi connectivity index (χ0n) is 10.1. The van der Waals surface area contributed by atoms with E-state index in [1.165, 1.54) is 37.7 Å². The Labute approximate surface area is 113 Å². The Morgan fingerprint density at radius 3 is 2.72 bits per heavy atom. The van der Waals surface area contributed by atoms with Gasteiger partial charge in [-0.1, -0.05) is 30.9 Å². The monoisotopic (exact) mass is 288 g/mol. The van der Waals surface area contributed by atoms with Gasteiger partial charge in [-0.05, 0) is 24.8 Å². The van der Waals surface area contributed by atoms with Gasteiger partial charge in [0, 0.05) is 18.9 Å². The molecule has 18 heavy (non-hydrogen) atoms. The lowest BCUT2D eigenvalue weighted by Gasteiger charge is -2.21. The van der Waals surface area contributed by atoms with Crippen molar-refractivity contribution in [3.05, 3.63) is 23.5 Å². The number of sulfonamides is 1. The number of hydrogen-bond acceptors (Lipinski definition) is 3. The zero-order chi connectivity index (χ0) is 13.0. The highest BCUT2D eigenvalue weighted by Gasteiger charge is 2.20. The van der Waals surface area contributed by atoms with E-state index in [2.05, 4.69) is 9.71 Å². The lowest BCUT2D eigenvalue weighted by molar-refractivity contribution is 0.357. The fourth-order valence-corrected chi connectivity index (χ4v) is 3.80. The Balaban J connectivity index is 2.01. The van der Waals surface area contributed by atoms with Gasteiger partial charge < -0.3 is 0 Å². The summed E-state index contributed by atoms with van der Waals surface area (Å²) in [5, 5.41) is 0.209. The number of hydrogen-bond donors (Lipinski definition) is 1. The van der Waals surface area contributed by atoms with Crippen LogP contribution in [0.5, 0.6) is 0 Å². The summed E-state index contributed by atoms with van der Waals surface area (Å²) in [5.41, 5.74) is 0. The number of pyridine rings is 1. The lowest BCUT2D eigenvalue weighted by atomic mass is 9.90. The van der Waals surface area contributed by atoms with Crippen molar-refractivity contribution < 1.29 is 8.42 Å². The predicted octanol–water partition coefficient (Wildman–Crippen LogP) is 2.59. The van der Waals surface area contributed by atoms with Crippen LogP contribution < -0.4 is 4.72 Å². The van der Waals surface area contributed by atoms with E-state index < -0.39 is 10.0 Å². The maximum Gasteiger partial charge on any atom is 0.243 e. The van der Waals surface area contributed by atoms with Gasteiger partial charge in [0.25, 0.3) is 0 Å². The van der Waals surface area contributed by atoms with Crippen LogP contribution >= 0.6 is 11.6 Å². The van der Waals surface area contributed by atoms with Crippen LogP contribution in [-0.2, 0) is 10.0 Å². The average molecular weight is 289 g/mol. The molecule has 0 amide bonds. The van der Waals surface area contributed by atoms with Crippen molar-refractivity contribution in [3.63, 3.8) is 0 Å². The molecule has 1 aliphatic carbocycles. The molecule has 0 saturated heterocycles. The third-order valence-electron chi connectivity index (χ3n) is 3.31. The molecule has 6 heteroatoms. The number of nitrogens with zero attached hydrogens (tertiary/aromatic N) is 1. The Bertz CT molecular complexity index is 499. The first-order valence-electron chi connectivity index (χ1n) is 6.19. The molecule has 0 bridgehead atoms. The van der Waals surface area contributed by atoms with E-state index in [0.29, 0.717) is 12.5 Å². The van der Waals surface area contributed by atoms with Crippen LogP contribution in [-0.4, -0.2) is 19.9 Å². The normalized spacial score (nSPS) is 17.8. The van der Waals surface area contributed by atoms with Gasteiger partial charge in [0.15, 0.2) is 0 Å². The largest absolute Gasteiger partial charge is 0.263 e. The summed E-state index contributed by atoms with van der Waals surface area (Å²) in [6.07, 6.45) is 8.61. The Kier molecular flexibility index (Phi) is 4.59. The van der Waals surface area contributed by atoms with Crippen LogP contribution in [0.2, 0.25) is 5.02 Å². The molecule has 0 atom stereocenters. The maximum atomic E-state index is 12.1. The smallest absolute Gasteiger partial charge is 0.243 e. The van der Waals surface area contributed by atoms with Crippen molar-refractivity contribution in [2.45, 2.75) is 37.0 Å². The molecule has 1 aromatic heterocycles. The van der Waals surface area contributed by atoms with E-state index in [1.54, 1.807) is 0 Å². The molecule has 1 aromatic rings. The molecule has 0 unspecified atom stereocenters. The maximum absolute atomic E-state index is 12.1. The molecule has 0 aliphatic heterocycles. The summed E-state index contributed by atoms with van der Waals surface area (Å²) < 4.78 is 26.8. The lowest BCUT2D eigenvalue weighted by Crippen LogP contribution is -2.30. The summed E-state index contributed by atoms with van der Waals surface area (Å²) in [7, 11) is -3.53. The number of rotatable bonds is 4. The van der Waals surface area contributed by atoms with Gasteiger partial charge >= 0.3 is 0 Å². The van der Waals surface area contributed by atoms with Gasteiger partial charge in [-0.25, -0.2) is 13.1 Å². The van der Waals surface area contributed by atoms with Crippen molar-refractivity contribution in [2.24, 2.45) is 5.92 Å². The molecular formula is C12H17ClN2O2S. The summed E-state index contributed by atoms with van der Waals surface area (Å²) in [4.78, 5) is 3.86. The van der Waals surface area contributed by atoms with E-state index in [-0.39, 0.29) is 9.92 Å². The molecule has 1 aliphatic rings. The highest BCUT2D eigenvalue weighted by atomic mass is 35.5. The van der Waals surface area contributed by atoms with Gasteiger partial charge in [-0.15, -0.1) is 0 Å². The minimum absolute atomic E-state index is 0.0578. The first-order chi connectivity index (χ1) is 8.59. The molecule has 1 heterocycles. The summed E-state index contributed by atoms with van der Waals surface area (Å²) in [5.74, 6) is 0.448. The first kappa shape index (κ1) is 13.8. The quantitative estimate of drug-likeness (QED) is 0.926. The highest BCUT2D eigenvalue weighted by molar-refractivity contribution is 7.89. The van der Waals surface area contributed by atoms with Crippen LogP contribution in [0.25, 0.3) is 0 Å². The molecular weight excluding hydrogens is 272 g/mol. The van der Waals surface area contributed by atoms with E-state index >= 15 is 0 Å². The van der Waals surface area contributed by atoms with Crippen molar-refractivity contribution in [1.82, 2.24) is 9.71 Å². The SMILES string of the molecule is O=S(=O)(NCC1CCCCC1)c1cnccc1Cl. The average Bonchev–Trinajstić information content (AvgIpc) is 2.38. The molecule has 1 fully saturated rings. The Morgan fingerprint density at radius 1 is 1.33 bits per heavy atom. The van der Waals surface area contributed by atoms with Crippen LogP contribution in [0.15, 0.2) is 23.4 Å². The Morgan fingerprint density at radius 2 is 2.06 bits per heavy atom. The van der Waals surface area contributed by atoms with Crippen molar-refractivity contribution >= 4 is 21.6 Å². The van der Waals surface area contributed by atoms with Crippen molar-refractivity contribution in [1.29, 1.82) is 0 Å². The van der Waals surface area contributed by atoms with Gasteiger partial charge in [-0.3, -0.25) is 4.98 Å². The Hall–Kier alpha value is -0.650. The highest BCUT2D eigenvalue weighted by Crippen LogP contribution is 2.24. The summed E-state index contributed by atoms with van der Waals surface area (Å²) >= 11 is 5.87. The van der Waals surface area contributed by atoms with Crippen molar-refractivity contribution in [2.75, 3.05) is 6.54 Å².